The van der Waals surface area contributed by atoms with Gasteiger partial charge in [0, 0.05) is 32.0 Å². The van der Waals surface area contributed by atoms with Gasteiger partial charge in [-0.05, 0) is 60.6 Å². The van der Waals surface area contributed by atoms with Gasteiger partial charge in [0.15, 0.2) is 11.5 Å². The molecule has 43 heavy (non-hydrogen) atoms. The van der Waals surface area contributed by atoms with E-state index in [4.69, 9.17) is 14.2 Å². The SMILES string of the molecule is CCCCCCCCCNC(=O)CCCNc1ccc2c(cc1=O)C(NC(C)=O)CCc1cc(OC)c(OC)c(OC)c1-2. The first kappa shape index (κ1) is 33.7. The minimum absolute atomic E-state index is 0.0340. The zero-order valence-electron chi connectivity index (χ0n) is 26.5. The summed E-state index contributed by atoms with van der Waals surface area (Å²) in [6.45, 7) is 4.88. The number of carbonyl (C=O) groups excluding carboxylic acids is 2. The molecule has 0 heterocycles. The van der Waals surface area contributed by atoms with Gasteiger partial charge in [0.05, 0.1) is 33.1 Å². The maximum atomic E-state index is 13.4. The highest BCUT2D eigenvalue weighted by molar-refractivity contribution is 5.83. The lowest BCUT2D eigenvalue weighted by atomic mass is 9.95. The van der Waals surface area contributed by atoms with Gasteiger partial charge in [0.2, 0.25) is 23.0 Å². The zero-order valence-corrected chi connectivity index (χ0v) is 26.5. The lowest BCUT2D eigenvalue weighted by Gasteiger charge is -2.19. The van der Waals surface area contributed by atoms with Crippen LogP contribution in [-0.4, -0.2) is 46.2 Å². The number of rotatable bonds is 17. The highest BCUT2D eigenvalue weighted by Crippen LogP contribution is 2.50. The maximum absolute atomic E-state index is 13.4. The van der Waals surface area contributed by atoms with Crippen LogP contribution in [0.1, 0.15) is 95.2 Å². The predicted molar refractivity (Wildman–Crippen MR) is 171 cm³/mol. The summed E-state index contributed by atoms with van der Waals surface area (Å²) in [6, 6.07) is 6.81. The zero-order chi connectivity index (χ0) is 31.2. The molecule has 0 radical (unpaired) electrons. The number of hydrogen-bond donors (Lipinski definition) is 3. The lowest BCUT2D eigenvalue weighted by molar-refractivity contribution is -0.121. The number of amides is 2. The van der Waals surface area contributed by atoms with Gasteiger partial charge in [-0.3, -0.25) is 14.4 Å². The van der Waals surface area contributed by atoms with Gasteiger partial charge in [-0.2, -0.15) is 0 Å². The highest BCUT2D eigenvalue weighted by atomic mass is 16.5. The third-order valence-corrected chi connectivity index (χ3v) is 7.91. The summed E-state index contributed by atoms with van der Waals surface area (Å²) in [5, 5.41) is 9.25. The van der Waals surface area contributed by atoms with Crippen LogP contribution in [0, 0.1) is 0 Å². The van der Waals surface area contributed by atoms with Crippen molar-refractivity contribution in [3.8, 4) is 28.4 Å². The second-order valence-corrected chi connectivity index (χ2v) is 11.1. The van der Waals surface area contributed by atoms with Crippen molar-refractivity contribution >= 4 is 17.5 Å². The number of anilines is 1. The Balaban J connectivity index is 1.74. The first-order valence-electron chi connectivity index (χ1n) is 15.6. The quantitative estimate of drug-likeness (QED) is 0.195. The normalized spacial score (nSPS) is 13.7. The van der Waals surface area contributed by atoms with E-state index in [9.17, 15) is 14.4 Å². The van der Waals surface area contributed by atoms with Crippen molar-refractivity contribution < 1.29 is 23.8 Å². The van der Waals surface area contributed by atoms with E-state index in [1.54, 1.807) is 33.5 Å². The molecule has 0 aliphatic heterocycles. The molecule has 1 aliphatic carbocycles. The number of unbranched alkanes of at least 4 members (excludes halogenated alkanes) is 6. The monoisotopic (exact) mass is 595 g/mol. The number of benzene rings is 1. The Morgan fingerprint density at radius 2 is 1.60 bits per heavy atom. The molecule has 3 N–H and O–H groups in total. The molecule has 3 rings (SSSR count). The molecule has 0 bridgehead atoms. The second-order valence-electron chi connectivity index (χ2n) is 11.1. The molecule has 2 aromatic rings. The number of methoxy groups -OCH3 is 3. The molecule has 9 heteroatoms. The average Bonchev–Trinajstić information content (AvgIpc) is 3.23. The van der Waals surface area contributed by atoms with Crippen LogP contribution in [0.4, 0.5) is 5.69 Å². The molecule has 1 unspecified atom stereocenters. The number of hydrogen-bond acceptors (Lipinski definition) is 7. The summed E-state index contributed by atoms with van der Waals surface area (Å²) in [6.07, 6.45) is 10.7. The van der Waals surface area contributed by atoms with E-state index in [0.717, 1.165) is 29.5 Å². The summed E-state index contributed by atoms with van der Waals surface area (Å²) in [5.41, 5.74) is 3.50. The lowest BCUT2D eigenvalue weighted by Crippen LogP contribution is -2.26. The van der Waals surface area contributed by atoms with Crippen LogP contribution in [0.3, 0.4) is 0 Å². The van der Waals surface area contributed by atoms with Gasteiger partial charge in [-0.25, -0.2) is 0 Å². The first-order valence-corrected chi connectivity index (χ1v) is 15.6. The maximum Gasteiger partial charge on any atom is 0.220 e. The Morgan fingerprint density at radius 1 is 0.884 bits per heavy atom. The van der Waals surface area contributed by atoms with E-state index in [1.807, 2.05) is 12.1 Å². The van der Waals surface area contributed by atoms with Crippen molar-refractivity contribution in [1.82, 2.24) is 10.6 Å². The Kier molecular flexibility index (Phi) is 13.6. The average molecular weight is 596 g/mol. The first-order chi connectivity index (χ1) is 20.8. The van der Waals surface area contributed by atoms with Crippen LogP contribution in [0.25, 0.3) is 11.1 Å². The molecule has 236 valence electrons. The molecule has 2 amide bonds. The standard InChI is InChI=1S/C34H49N3O6/c1-6-7-8-9-10-11-12-19-36-31(40)14-13-20-35-28-18-16-25-26(22-29(28)39)27(37-23(2)38)17-15-24-21-30(41-3)33(42-4)34(43-5)32(24)25/h16,18,21-22,27H,6-15,17,19-20H2,1-5H3,(H,35,39)(H,36,40)(H,37,38). The fourth-order valence-electron chi connectivity index (χ4n) is 5.72. The van der Waals surface area contributed by atoms with Crippen molar-refractivity contribution in [3.05, 3.63) is 45.6 Å². The number of aryl methyl sites for hydroxylation is 1. The molecule has 9 nitrogen and oxygen atoms in total. The van der Waals surface area contributed by atoms with Crippen molar-refractivity contribution in [2.75, 3.05) is 39.7 Å². The van der Waals surface area contributed by atoms with Crippen LogP contribution in [0.15, 0.2) is 29.1 Å². The van der Waals surface area contributed by atoms with E-state index in [0.29, 0.717) is 67.3 Å². The van der Waals surface area contributed by atoms with Crippen LogP contribution >= 0.6 is 0 Å². The van der Waals surface area contributed by atoms with Gasteiger partial charge in [-0.15, -0.1) is 0 Å². The number of nitrogens with one attached hydrogen (secondary N) is 3. The van der Waals surface area contributed by atoms with Gasteiger partial charge in [-0.1, -0.05) is 51.5 Å². The van der Waals surface area contributed by atoms with Crippen molar-refractivity contribution in [3.63, 3.8) is 0 Å². The molecular formula is C34H49N3O6. The van der Waals surface area contributed by atoms with Gasteiger partial charge in [0.25, 0.3) is 0 Å². The highest BCUT2D eigenvalue weighted by Gasteiger charge is 2.29. The summed E-state index contributed by atoms with van der Waals surface area (Å²) in [7, 11) is 4.71. The van der Waals surface area contributed by atoms with E-state index < -0.39 is 0 Å². The van der Waals surface area contributed by atoms with E-state index >= 15 is 0 Å². The Hall–Kier alpha value is -3.75. The summed E-state index contributed by atoms with van der Waals surface area (Å²) in [5.74, 6) is 1.39. The van der Waals surface area contributed by atoms with Crippen molar-refractivity contribution in [2.45, 2.75) is 90.5 Å². The molecule has 1 aliphatic rings. The molecule has 0 spiro atoms. The Bertz CT molecular complexity index is 1300. The van der Waals surface area contributed by atoms with E-state index in [2.05, 4.69) is 22.9 Å². The second kappa shape index (κ2) is 17.4. The number of ether oxygens (including phenoxy) is 3. The molecule has 0 saturated heterocycles. The number of fused-ring (bicyclic) bond motifs is 3. The summed E-state index contributed by atoms with van der Waals surface area (Å²) in [4.78, 5) is 37.8. The Morgan fingerprint density at radius 3 is 2.28 bits per heavy atom. The van der Waals surface area contributed by atoms with Gasteiger partial charge < -0.3 is 30.2 Å². The summed E-state index contributed by atoms with van der Waals surface area (Å²) >= 11 is 0. The molecule has 0 saturated carbocycles. The van der Waals surface area contributed by atoms with Gasteiger partial charge in [0.1, 0.15) is 0 Å². The smallest absolute Gasteiger partial charge is 0.220 e. The molecule has 2 aromatic carbocycles. The number of carbonyl (C=O) groups is 2. The predicted octanol–water partition coefficient (Wildman–Crippen LogP) is 5.92. The fraction of sp³-hybridized carbons (Fsp3) is 0.559. The fourth-order valence-corrected chi connectivity index (χ4v) is 5.72. The van der Waals surface area contributed by atoms with Crippen molar-refractivity contribution in [1.29, 1.82) is 0 Å². The third-order valence-electron chi connectivity index (χ3n) is 7.91. The van der Waals surface area contributed by atoms with Crippen molar-refractivity contribution in [2.24, 2.45) is 0 Å². The largest absolute Gasteiger partial charge is 0.493 e. The van der Waals surface area contributed by atoms with E-state index in [-0.39, 0.29) is 23.3 Å². The Labute approximate surface area is 256 Å². The van der Waals surface area contributed by atoms with E-state index in [1.165, 1.54) is 39.0 Å². The van der Waals surface area contributed by atoms with Crippen LogP contribution in [0.5, 0.6) is 17.2 Å². The third kappa shape index (κ3) is 9.37. The minimum Gasteiger partial charge on any atom is -0.493 e. The molecule has 0 aromatic heterocycles. The molecule has 0 fully saturated rings. The van der Waals surface area contributed by atoms with Crippen LogP contribution < -0.4 is 35.6 Å². The van der Waals surface area contributed by atoms with Crippen LogP contribution in [0.2, 0.25) is 0 Å². The van der Waals surface area contributed by atoms with Crippen LogP contribution in [-0.2, 0) is 16.0 Å². The van der Waals surface area contributed by atoms with Gasteiger partial charge >= 0.3 is 0 Å². The molecule has 1 atom stereocenters. The summed E-state index contributed by atoms with van der Waals surface area (Å²) < 4.78 is 17.1. The molecular weight excluding hydrogens is 546 g/mol. The minimum atomic E-state index is -0.366. The topological polar surface area (TPSA) is 115 Å².